The Bertz CT molecular complexity index is 410. The van der Waals surface area contributed by atoms with Gasteiger partial charge in [-0.2, -0.15) is 0 Å². The first kappa shape index (κ1) is 11.9. The number of carbonyl (C=O) groups is 1. The molecule has 1 amide bonds. The summed E-state index contributed by atoms with van der Waals surface area (Å²) < 4.78 is 0. The third-order valence-electron chi connectivity index (χ3n) is 3.40. The minimum atomic E-state index is -0.0342. The molecule has 0 aliphatic carbocycles. The van der Waals surface area contributed by atoms with Crippen LogP contribution in [0.1, 0.15) is 43.5 Å². The van der Waals surface area contributed by atoms with Crippen LogP contribution in [0.4, 0.5) is 0 Å². The predicted molar refractivity (Wildman–Crippen MR) is 64.8 cm³/mol. The van der Waals surface area contributed by atoms with Gasteiger partial charge in [0.2, 0.25) is 0 Å². The van der Waals surface area contributed by atoms with E-state index < -0.39 is 0 Å². The van der Waals surface area contributed by atoms with Gasteiger partial charge in [-0.3, -0.25) is 9.78 Å². The summed E-state index contributed by atoms with van der Waals surface area (Å²) >= 11 is 0. The number of aromatic hydroxyl groups is 1. The summed E-state index contributed by atoms with van der Waals surface area (Å²) in [6.45, 7) is 4.15. The van der Waals surface area contributed by atoms with Gasteiger partial charge in [0.15, 0.2) is 0 Å². The molecule has 1 N–H and O–H groups in total. The maximum Gasteiger partial charge on any atom is 0.256 e. The molecule has 1 aromatic heterocycles. The standard InChI is InChI=1S/C13H18N2O2/c1-9-4-3-5-10(2)15(9)13(17)11-6-12(16)8-14-7-11/h6-10,16H,3-5H2,1-2H3. The van der Waals surface area contributed by atoms with Crippen LogP contribution in [0.3, 0.4) is 0 Å². The van der Waals surface area contributed by atoms with Gasteiger partial charge in [0.25, 0.3) is 5.91 Å². The molecule has 1 aliphatic heterocycles. The van der Waals surface area contributed by atoms with E-state index in [0.29, 0.717) is 5.56 Å². The van der Waals surface area contributed by atoms with Crippen LogP contribution in [-0.2, 0) is 0 Å². The van der Waals surface area contributed by atoms with Crippen molar-refractivity contribution >= 4 is 5.91 Å². The molecular formula is C13H18N2O2. The van der Waals surface area contributed by atoms with Crippen molar-refractivity contribution in [3.8, 4) is 5.75 Å². The van der Waals surface area contributed by atoms with E-state index >= 15 is 0 Å². The summed E-state index contributed by atoms with van der Waals surface area (Å²) in [5.41, 5.74) is 0.464. The van der Waals surface area contributed by atoms with Gasteiger partial charge in [-0.1, -0.05) is 0 Å². The van der Waals surface area contributed by atoms with E-state index in [4.69, 9.17) is 0 Å². The molecule has 0 radical (unpaired) electrons. The van der Waals surface area contributed by atoms with Gasteiger partial charge in [0.1, 0.15) is 5.75 Å². The average Bonchev–Trinajstić information content (AvgIpc) is 2.28. The number of aromatic nitrogens is 1. The van der Waals surface area contributed by atoms with Crippen molar-refractivity contribution in [2.45, 2.75) is 45.2 Å². The van der Waals surface area contributed by atoms with Crippen molar-refractivity contribution in [3.63, 3.8) is 0 Å². The summed E-state index contributed by atoms with van der Waals surface area (Å²) in [6.07, 6.45) is 6.10. The van der Waals surface area contributed by atoms with E-state index in [1.54, 1.807) is 0 Å². The molecule has 1 aromatic rings. The fraction of sp³-hybridized carbons (Fsp3) is 0.538. The first-order valence-electron chi connectivity index (χ1n) is 6.06. The molecule has 1 fully saturated rings. The van der Waals surface area contributed by atoms with Crippen LogP contribution in [0.15, 0.2) is 18.5 Å². The van der Waals surface area contributed by atoms with Crippen LogP contribution in [-0.4, -0.2) is 33.0 Å². The summed E-state index contributed by atoms with van der Waals surface area (Å²) in [6, 6.07) is 1.99. The highest BCUT2D eigenvalue weighted by Gasteiger charge is 2.29. The zero-order valence-electron chi connectivity index (χ0n) is 10.3. The fourth-order valence-electron chi connectivity index (χ4n) is 2.52. The minimum absolute atomic E-state index is 0.0342. The second-order valence-corrected chi connectivity index (χ2v) is 4.77. The van der Waals surface area contributed by atoms with Crippen LogP contribution in [0.5, 0.6) is 5.75 Å². The largest absolute Gasteiger partial charge is 0.506 e. The number of piperidine rings is 1. The Balaban J connectivity index is 2.24. The number of hydrogen-bond donors (Lipinski definition) is 1. The van der Waals surface area contributed by atoms with Crippen molar-refractivity contribution in [1.29, 1.82) is 0 Å². The molecule has 2 heterocycles. The lowest BCUT2D eigenvalue weighted by atomic mass is 9.96. The number of rotatable bonds is 1. The van der Waals surface area contributed by atoms with Crippen LogP contribution >= 0.6 is 0 Å². The highest BCUT2D eigenvalue weighted by molar-refractivity contribution is 5.94. The molecule has 4 heteroatoms. The van der Waals surface area contributed by atoms with Crippen molar-refractivity contribution in [2.75, 3.05) is 0 Å². The molecule has 0 saturated carbocycles. The first-order chi connectivity index (χ1) is 8.09. The number of likely N-dealkylation sites (tertiary alicyclic amines) is 1. The Kier molecular flexibility index (Phi) is 3.31. The lowest BCUT2D eigenvalue weighted by Crippen LogP contribution is -2.47. The Morgan fingerprint density at radius 2 is 2.00 bits per heavy atom. The Hall–Kier alpha value is -1.58. The number of amides is 1. The maximum absolute atomic E-state index is 12.3. The van der Waals surface area contributed by atoms with Gasteiger partial charge in [-0.05, 0) is 39.2 Å². The van der Waals surface area contributed by atoms with Gasteiger partial charge in [0.05, 0.1) is 11.8 Å². The molecular weight excluding hydrogens is 216 g/mol. The average molecular weight is 234 g/mol. The Labute approximate surface area is 101 Å². The molecule has 1 saturated heterocycles. The van der Waals surface area contributed by atoms with Crippen molar-refractivity contribution in [3.05, 3.63) is 24.0 Å². The van der Waals surface area contributed by atoms with E-state index in [1.807, 2.05) is 4.90 Å². The maximum atomic E-state index is 12.3. The number of hydrogen-bond acceptors (Lipinski definition) is 3. The summed E-state index contributed by atoms with van der Waals surface area (Å²) in [5.74, 6) is 0.00117. The molecule has 4 nitrogen and oxygen atoms in total. The number of carbonyl (C=O) groups excluding carboxylic acids is 1. The summed E-state index contributed by atoms with van der Waals surface area (Å²) in [4.78, 5) is 18.1. The molecule has 2 rings (SSSR count). The summed E-state index contributed by atoms with van der Waals surface area (Å²) in [7, 11) is 0. The second kappa shape index (κ2) is 4.73. The quantitative estimate of drug-likeness (QED) is 0.810. The van der Waals surface area contributed by atoms with E-state index in [0.717, 1.165) is 12.8 Å². The van der Waals surface area contributed by atoms with Crippen LogP contribution in [0.25, 0.3) is 0 Å². The van der Waals surface area contributed by atoms with Gasteiger partial charge >= 0.3 is 0 Å². The number of nitrogens with zero attached hydrogens (tertiary/aromatic N) is 2. The lowest BCUT2D eigenvalue weighted by molar-refractivity contribution is 0.0510. The number of pyridine rings is 1. The highest BCUT2D eigenvalue weighted by Crippen LogP contribution is 2.25. The van der Waals surface area contributed by atoms with Gasteiger partial charge in [0, 0.05) is 18.3 Å². The topological polar surface area (TPSA) is 53.4 Å². The van der Waals surface area contributed by atoms with Crippen LogP contribution in [0.2, 0.25) is 0 Å². The van der Waals surface area contributed by atoms with Crippen molar-refractivity contribution in [1.82, 2.24) is 9.88 Å². The van der Waals surface area contributed by atoms with Crippen molar-refractivity contribution in [2.24, 2.45) is 0 Å². The molecule has 0 aromatic carbocycles. The molecule has 92 valence electrons. The fourth-order valence-corrected chi connectivity index (χ4v) is 2.52. The minimum Gasteiger partial charge on any atom is -0.506 e. The predicted octanol–water partition coefficient (Wildman–Crippen LogP) is 2.19. The third kappa shape index (κ3) is 2.40. The highest BCUT2D eigenvalue weighted by atomic mass is 16.3. The smallest absolute Gasteiger partial charge is 0.256 e. The third-order valence-corrected chi connectivity index (χ3v) is 3.40. The van der Waals surface area contributed by atoms with Crippen molar-refractivity contribution < 1.29 is 9.90 Å². The van der Waals surface area contributed by atoms with E-state index in [2.05, 4.69) is 18.8 Å². The lowest BCUT2D eigenvalue weighted by Gasteiger charge is -2.39. The Morgan fingerprint density at radius 1 is 1.35 bits per heavy atom. The molecule has 1 aliphatic rings. The Morgan fingerprint density at radius 3 is 2.59 bits per heavy atom. The molecule has 2 unspecified atom stereocenters. The van der Waals surface area contributed by atoms with Gasteiger partial charge in [-0.25, -0.2) is 0 Å². The normalized spacial score (nSPS) is 24.7. The molecule has 0 spiro atoms. The van der Waals surface area contributed by atoms with Gasteiger partial charge < -0.3 is 10.0 Å². The van der Waals surface area contributed by atoms with Gasteiger partial charge in [-0.15, -0.1) is 0 Å². The van der Waals surface area contributed by atoms with Crippen LogP contribution < -0.4 is 0 Å². The zero-order valence-corrected chi connectivity index (χ0v) is 10.3. The monoisotopic (exact) mass is 234 g/mol. The van der Waals surface area contributed by atoms with Crippen LogP contribution in [0, 0.1) is 0 Å². The molecule has 17 heavy (non-hydrogen) atoms. The van der Waals surface area contributed by atoms with E-state index in [-0.39, 0.29) is 23.7 Å². The zero-order chi connectivity index (χ0) is 12.4. The molecule has 2 atom stereocenters. The molecule has 0 bridgehead atoms. The first-order valence-corrected chi connectivity index (χ1v) is 6.06. The second-order valence-electron chi connectivity index (χ2n) is 4.77. The SMILES string of the molecule is CC1CCCC(C)N1C(=O)c1cncc(O)c1. The summed E-state index contributed by atoms with van der Waals surface area (Å²) in [5, 5.41) is 9.36. The van der Waals surface area contributed by atoms with E-state index in [9.17, 15) is 9.90 Å². The van der Waals surface area contributed by atoms with E-state index in [1.165, 1.54) is 24.9 Å².